The highest BCUT2D eigenvalue weighted by molar-refractivity contribution is 5.58. The van der Waals surface area contributed by atoms with Crippen molar-refractivity contribution < 1.29 is 0 Å². The van der Waals surface area contributed by atoms with Crippen molar-refractivity contribution in [1.29, 1.82) is 0 Å². The van der Waals surface area contributed by atoms with Crippen LogP contribution in [0.5, 0.6) is 0 Å². The van der Waals surface area contributed by atoms with Gasteiger partial charge < -0.3 is 5.32 Å². The Hall–Kier alpha value is -1.33. The number of hydrogen-bond donors (Lipinski definition) is 1. The molecule has 0 bridgehead atoms. The summed E-state index contributed by atoms with van der Waals surface area (Å²) in [5, 5.41) is 3.24. The Morgan fingerprint density at radius 1 is 1.20 bits per heavy atom. The second-order valence-electron chi connectivity index (χ2n) is 4.44. The first-order valence-electron chi connectivity index (χ1n) is 5.10. The van der Waals surface area contributed by atoms with Gasteiger partial charge in [0.2, 0.25) is 0 Å². The standard InChI is InChI=1S/C13H18N2/c1-9-7-11(13(3,4)15-6)12(14-5)8-10(9)2/h7-8,15H,1-4,6H3. The van der Waals surface area contributed by atoms with E-state index < -0.39 is 0 Å². The molecule has 1 aromatic carbocycles. The summed E-state index contributed by atoms with van der Waals surface area (Å²) in [4.78, 5) is 3.60. The van der Waals surface area contributed by atoms with Gasteiger partial charge in [0.15, 0.2) is 5.69 Å². The summed E-state index contributed by atoms with van der Waals surface area (Å²) in [6.07, 6.45) is 0. The maximum Gasteiger partial charge on any atom is 0.192 e. The molecule has 15 heavy (non-hydrogen) atoms. The van der Waals surface area contributed by atoms with Gasteiger partial charge in [-0.25, -0.2) is 4.85 Å². The number of nitrogens with one attached hydrogen (secondary N) is 1. The summed E-state index contributed by atoms with van der Waals surface area (Å²) >= 11 is 0. The SMILES string of the molecule is [C-]#[N+]c1cc(C)c(C)cc1C(C)(C)NC. The molecular formula is C13H18N2. The van der Waals surface area contributed by atoms with Gasteiger partial charge in [-0.05, 0) is 40.3 Å². The normalized spacial score (nSPS) is 11.2. The van der Waals surface area contributed by atoms with Crippen molar-refractivity contribution in [3.05, 3.63) is 40.2 Å². The second-order valence-corrected chi connectivity index (χ2v) is 4.44. The monoisotopic (exact) mass is 202 g/mol. The van der Waals surface area contributed by atoms with E-state index in [1.165, 1.54) is 11.1 Å². The number of benzene rings is 1. The molecule has 0 atom stereocenters. The average Bonchev–Trinajstić information content (AvgIpc) is 2.21. The molecule has 0 spiro atoms. The summed E-state index contributed by atoms with van der Waals surface area (Å²) in [6, 6.07) is 4.08. The largest absolute Gasteiger partial charge is 0.312 e. The van der Waals surface area contributed by atoms with E-state index in [4.69, 9.17) is 6.57 Å². The van der Waals surface area contributed by atoms with Crippen molar-refractivity contribution in [3.8, 4) is 0 Å². The van der Waals surface area contributed by atoms with Crippen LogP contribution in [0.25, 0.3) is 4.85 Å². The molecule has 80 valence electrons. The number of hydrogen-bond acceptors (Lipinski definition) is 1. The third kappa shape index (κ3) is 2.19. The van der Waals surface area contributed by atoms with Crippen molar-refractivity contribution in [2.24, 2.45) is 0 Å². The molecule has 2 nitrogen and oxygen atoms in total. The molecule has 0 fully saturated rings. The highest BCUT2D eigenvalue weighted by Crippen LogP contribution is 2.32. The fraction of sp³-hybridized carbons (Fsp3) is 0.462. The van der Waals surface area contributed by atoms with Crippen LogP contribution in [-0.4, -0.2) is 7.05 Å². The first-order valence-corrected chi connectivity index (χ1v) is 5.10. The number of rotatable bonds is 2. The topological polar surface area (TPSA) is 16.4 Å². The summed E-state index contributed by atoms with van der Waals surface area (Å²) in [6.45, 7) is 15.5. The Labute approximate surface area is 92.1 Å². The van der Waals surface area contributed by atoms with Crippen LogP contribution in [0, 0.1) is 20.4 Å². The highest BCUT2D eigenvalue weighted by Gasteiger charge is 2.21. The minimum atomic E-state index is -0.154. The minimum Gasteiger partial charge on any atom is -0.312 e. The Kier molecular flexibility index (Phi) is 3.16. The minimum absolute atomic E-state index is 0.154. The van der Waals surface area contributed by atoms with E-state index in [0.717, 1.165) is 11.3 Å². The van der Waals surface area contributed by atoms with Gasteiger partial charge in [0.05, 0.1) is 6.57 Å². The molecule has 0 aliphatic heterocycles. The van der Waals surface area contributed by atoms with E-state index in [1.807, 2.05) is 20.0 Å². The van der Waals surface area contributed by atoms with Crippen molar-refractivity contribution in [2.45, 2.75) is 33.2 Å². The molecule has 0 aromatic heterocycles. The van der Waals surface area contributed by atoms with Gasteiger partial charge in [-0.3, -0.25) is 0 Å². The van der Waals surface area contributed by atoms with Crippen LogP contribution in [0.4, 0.5) is 5.69 Å². The maximum atomic E-state index is 7.20. The first-order chi connectivity index (χ1) is 6.92. The highest BCUT2D eigenvalue weighted by atomic mass is 14.9. The molecule has 2 heteroatoms. The fourth-order valence-electron chi connectivity index (χ4n) is 1.53. The van der Waals surface area contributed by atoms with E-state index in [0.29, 0.717) is 0 Å². The van der Waals surface area contributed by atoms with Crippen LogP contribution in [0.15, 0.2) is 12.1 Å². The quantitative estimate of drug-likeness (QED) is 0.728. The van der Waals surface area contributed by atoms with Gasteiger partial charge in [0.25, 0.3) is 0 Å². The van der Waals surface area contributed by atoms with E-state index in [1.54, 1.807) is 0 Å². The van der Waals surface area contributed by atoms with Gasteiger partial charge in [-0.1, -0.05) is 23.3 Å². The van der Waals surface area contributed by atoms with Crippen molar-refractivity contribution in [1.82, 2.24) is 5.32 Å². The Balaban J connectivity index is 3.42. The molecule has 0 amide bonds. The first kappa shape index (κ1) is 11.7. The van der Waals surface area contributed by atoms with Gasteiger partial charge in [0.1, 0.15) is 0 Å². The van der Waals surface area contributed by atoms with E-state index >= 15 is 0 Å². The summed E-state index contributed by atoms with van der Waals surface area (Å²) in [5.74, 6) is 0. The van der Waals surface area contributed by atoms with Crippen LogP contribution in [-0.2, 0) is 5.54 Å². The van der Waals surface area contributed by atoms with Crippen molar-refractivity contribution in [2.75, 3.05) is 7.05 Å². The van der Waals surface area contributed by atoms with Crippen molar-refractivity contribution >= 4 is 5.69 Å². The summed E-state index contributed by atoms with van der Waals surface area (Å²) in [5.41, 5.74) is 4.08. The zero-order valence-electron chi connectivity index (χ0n) is 10.1. The predicted molar refractivity (Wildman–Crippen MR) is 64.3 cm³/mol. The Morgan fingerprint density at radius 2 is 1.73 bits per heavy atom. The maximum absolute atomic E-state index is 7.20. The van der Waals surface area contributed by atoms with Crippen LogP contribution >= 0.6 is 0 Å². The van der Waals surface area contributed by atoms with E-state index in [2.05, 4.69) is 37.0 Å². The number of nitrogens with zero attached hydrogens (tertiary/aromatic N) is 1. The smallest absolute Gasteiger partial charge is 0.192 e. The third-order valence-corrected chi connectivity index (χ3v) is 3.03. The molecule has 0 unspecified atom stereocenters. The lowest BCUT2D eigenvalue weighted by molar-refractivity contribution is 0.446. The molecule has 0 radical (unpaired) electrons. The molecule has 1 N–H and O–H groups in total. The average molecular weight is 202 g/mol. The van der Waals surface area contributed by atoms with Crippen LogP contribution in [0.2, 0.25) is 0 Å². The van der Waals surface area contributed by atoms with Gasteiger partial charge in [-0.2, -0.15) is 0 Å². The van der Waals surface area contributed by atoms with Gasteiger partial charge in [-0.15, -0.1) is 0 Å². The lowest BCUT2D eigenvalue weighted by atomic mass is 9.90. The molecule has 0 heterocycles. The van der Waals surface area contributed by atoms with E-state index in [-0.39, 0.29) is 5.54 Å². The zero-order chi connectivity index (χ0) is 11.6. The van der Waals surface area contributed by atoms with Gasteiger partial charge in [0, 0.05) is 5.54 Å². The second kappa shape index (κ2) is 4.04. The zero-order valence-corrected chi connectivity index (χ0v) is 10.1. The predicted octanol–water partition coefficient (Wildman–Crippen LogP) is 3.31. The molecule has 0 aliphatic carbocycles. The Bertz CT molecular complexity index is 411. The Morgan fingerprint density at radius 3 is 2.20 bits per heavy atom. The van der Waals surface area contributed by atoms with Crippen LogP contribution < -0.4 is 5.32 Å². The molecule has 0 saturated heterocycles. The van der Waals surface area contributed by atoms with Crippen LogP contribution in [0.1, 0.15) is 30.5 Å². The molecule has 0 aliphatic rings. The van der Waals surface area contributed by atoms with Crippen molar-refractivity contribution in [3.63, 3.8) is 0 Å². The molecule has 0 saturated carbocycles. The van der Waals surface area contributed by atoms with E-state index in [9.17, 15) is 0 Å². The lowest BCUT2D eigenvalue weighted by Crippen LogP contribution is -2.33. The molecular weight excluding hydrogens is 184 g/mol. The fourth-order valence-corrected chi connectivity index (χ4v) is 1.53. The van der Waals surface area contributed by atoms with Gasteiger partial charge >= 0.3 is 0 Å². The van der Waals surface area contributed by atoms with Crippen LogP contribution in [0.3, 0.4) is 0 Å². The molecule has 1 rings (SSSR count). The molecule has 1 aromatic rings. The summed E-state index contributed by atoms with van der Waals surface area (Å²) in [7, 11) is 1.92. The third-order valence-electron chi connectivity index (χ3n) is 3.03. The summed E-state index contributed by atoms with van der Waals surface area (Å²) < 4.78 is 0. The number of aryl methyl sites for hydroxylation is 2. The lowest BCUT2D eigenvalue weighted by Gasteiger charge is -2.27.